The van der Waals surface area contributed by atoms with Crippen LogP contribution in [0.15, 0.2) is 55.1 Å². The molecule has 2 aliphatic heterocycles. The fourth-order valence-corrected chi connectivity index (χ4v) is 4.60. The number of carbonyl (C=O) groups is 2. The predicted octanol–water partition coefficient (Wildman–Crippen LogP) is 3.65. The topological polar surface area (TPSA) is 80.6 Å². The minimum atomic E-state index is -0.206. The molecule has 8 nitrogen and oxygen atoms in total. The highest BCUT2D eigenvalue weighted by atomic mass is 16.5. The first-order valence-electron chi connectivity index (χ1n) is 11.6. The number of amides is 2. The van der Waals surface area contributed by atoms with Gasteiger partial charge in [-0.3, -0.25) is 19.1 Å². The molecule has 34 heavy (non-hydrogen) atoms. The van der Waals surface area contributed by atoms with Gasteiger partial charge in [0.05, 0.1) is 17.4 Å². The van der Waals surface area contributed by atoms with Gasteiger partial charge in [0.25, 0.3) is 5.91 Å². The number of hydrogen-bond donors (Lipinski definition) is 0. The lowest BCUT2D eigenvalue weighted by Gasteiger charge is -2.33. The Kier molecular flexibility index (Phi) is 5.59. The summed E-state index contributed by atoms with van der Waals surface area (Å²) in [6, 6.07) is 11.6. The number of benzene rings is 1. The van der Waals surface area contributed by atoms with Crippen LogP contribution in [0.4, 0.5) is 5.69 Å². The fraction of sp³-hybridized carbons (Fsp3) is 0.385. The summed E-state index contributed by atoms with van der Waals surface area (Å²) in [5, 5.41) is 0. The van der Waals surface area contributed by atoms with Crippen LogP contribution in [0, 0.1) is 0 Å². The van der Waals surface area contributed by atoms with Gasteiger partial charge in [0, 0.05) is 18.9 Å². The summed E-state index contributed by atoms with van der Waals surface area (Å²) >= 11 is 0. The number of aromatic nitrogens is 3. The van der Waals surface area contributed by atoms with Crippen LogP contribution in [0.5, 0.6) is 5.75 Å². The molecule has 1 fully saturated rings. The van der Waals surface area contributed by atoms with Crippen molar-refractivity contribution in [3.8, 4) is 11.6 Å². The lowest BCUT2D eigenvalue weighted by molar-refractivity contribution is -0.132. The molecule has 4 heterocycles. The Hall–Kier alpha value is -3.68. The van der Waals surface area contributed by atoms with E-state index in [1.165, 1.54) is 0 Å². The first kappa shape index (κ1) is 22.1. The molecule has 2 amide bonds. The van der Waals surface area contributed by atoms with Gasteiger partial charge in [-0.2, -0.15) is 0 Å². The van der Waals surface area contributed by atoms with Crippen LogP contribution in [0.2, 0.25) is 0 Å². The monoisotopic (exact) mass is 459 g/mol. The van der Waals surface area contributed by atoms with Crippen LogP contribution in [0.25, 0.3) is 5.82 Å². The quantitative estimate of drug-likeness (QED) is 0.595. The van der Waals surface area contributed by atoms with E-state index in [-0.39, 0.29) is 36.4 Å². The molecule has 2 aliphatic rings. The number of ether oxygens (including phenoxy) is 1. The molecule has 0 saturated carbocycles. The zero-order chi connectivity index (χ0) is 23.9. The van der Waals surface area contributed by atoms with E-state index in [1.54, 1.807) is 17.4 Å². The van der Waals surface area contributed by atoms with Crippen LogP contribution >= 0.6 is 0 Å². The summed E-state index contributed by atoms with van der Waals surface area (Å²) in [6.07, 6.45) is 7.00. The van der Waals surface area contributed by atoms with Crippen molar-refractivity contribution in [3.05, 3.63) is 66.4 Å². The van der Waals surface area contributed by atoms with Gasteiger partial charge in [0.1, 0.15) is 24.4 Å². The van der Waals surface area contributed by atoms with Crippen molar-refractivity contribution in [1.29, 1.82) is 0 Å². The predicted molar refractivity (Wildman–Crippen MR) is 128 cm³/mol. The molecule has 1 saturated heterocycles. The smallest absolute Gasteiger partial charge is 0.265 e. The Morgan fingerprint density at radius 3 is 2.82 bits per heavy atom. The Labute approximate surface area is 199 Å². The molecule has 2 aromatic heterocycles. The van der Waals surface area contributed by atoms with Crippen molar-refractivity contribution in [3.63, 3.8) is 0 Å². The molecule has 0 spiro atoms. The molecule has 0 aliphatic carbocycles. The zero-order valence-electron chi connectivity index (χ0n) is 19.8. The van der Waals surface area contributed by atoms with E-state index in [1.807, 2.05) is 52.1 Å². The Morgan fingerprint density at radius 2 is 2.06 bits per heavy atom. The van der Waals surface area contributed by atoms with Gasteiger partial charge >= 0.3 is 0 Å². The Bertz CT molecular complexity index is 1220. The van der Waals surface area contributed by atoms with E-state index >= 15 is 0 Å². The van der Waals surface area contributed by atoms with E-state index < -0.39 is 0 Å². The molecule has 0 bridgehead atoms. The van der Waals surface area contributed by atoms with Crippen LogP contribution in [0.3, 0.4) is 0 Å². The van der Waals surface area contributed by atoms with E-state index in [0.717, 1.165) is 29.9 Å². The van der Waals surface area contributed by atoms with Crippen molar-refractivity contribution in [2.24, 2.45) is 0 Å². The minimum Gasteiger partial charge on any atom is -0.482 e. The largest absolute Gasteiger partial charge is 0.482 e. The molecule has 3 aromatic rings. The number of anilines is 1. The average molecular weight is 460 g/mol. The first-order valence-corrected chi connectivity index (χ1v) is 11.6. The number of rotatable bonds is 4. The lowest BCUT2D eigenvalue weighted by atomic mass is 9.86. The third-order valence-corrected chi connectivity index (χ3v) is 6.50. The first-order chi connectivity index (χ1) is 16.3. The number of nitrogens with zero attached hydrogens (tertiary/aromatic N) is 5. The number of likely N-dealkylation sites (tertiary alicyclic amines) is 1. The number of pyridine rings is 1. The van der Waals surface area contributed by atoms with Crippen LogP contribution < -0.4 is 9.64 Å². The van der Waals surface area contributed by atoms with Crippen LogP contribution in [-0.4, -0.2) is 50.9 Å². The van der Waals surface area contributed by atoms with Gasteiger partial charge in [0.2, 0.25) is 5.91 Å². The lowest BCUT2D eigenvalue weighted by Crippen LogP contribution is -2.46. The highest BCUT2D eigenvalue weighted by molar-refractivity contribution is 6.02. The third-order valence-electron chi connectivity index (χ3n) is 6.50. The zero-order valence-corrected chi connectivity index (χ0v) is 19.8. The SMILES string of the molecule is CC(C)(C)c1ccc2c(c1)N(CC(=O)N1CCC[C@@H]1c1cccc(-n3ccnc3)n1)C(=O)CO2. The number of fused-ring (bicyclic) bond motifs is 1. The molecule has 1 aromatic carbocycles. The molecule has 0 N–H and O–H groups in total. The summed E-state index contributed by atoms with van der Waals surface area (Å²) in [5.41, 5.74) is 2.51. The van der Waals surface area contributed by atoms with Gasteiger partial charge in [-0.25, -0.2) is 9.97 Å². The number of hydrogen-bond acceptors (Lipinski definition) is 5. The highest BCUT2D eigenvalue weighted by Gasteiger charge is 2.35. The number of imidazole rings is 1. The summed E-state index contributed by atoms with van der Waals surface area (Å²) in [6.45, 7) is 6.93. The summed E-state index contributed by atoms with van der Waals surface area (Å²) < 4.78 is 7.49. The third kappa shape index (κ3) is 4.16. The molecule has 176 valence electrons. The summed E-state index contributed by atoms with van der Waals surface area (Å²) in [7, 11) is 0. The maximum Gasteiger partial charge on any atom is 0.265 e. The second-order valence-electron chi connectivity index (χ2n) is 9.84. The molecular formula is C26H29N5O3. The summed E-state index contributed by atoms with van der Waals surface area (Å²) in [5.74, 6) is 1.11. The molecule has 1 atom stereocenters. The molecular weight excluding hydrogens is 430 g/mol. The molecule has 5 rings (SSSR count). The van der Waals surface area contributed by atoms with Crippen molar-refractivity contribution in [2.45, 2.75) is 45.1 Å². The summed E-state index contributed by atoms with van der Waals surface area (Å²) in [4.78, 5) is 38.6. The maximum atomic E-state index is 13.5. The van der Waals surface area contributed by atoms with Crippen molar-refractivity contribution in [1.82, 2.24) is 19.4 Å². The second kappa shape index (κ2) is 8.59. The Balaban J connectivity index is 1.39. The van der Waals surface area contributed by atoms with Crippen molar-refractivity contribution in [2.75, 3.05) is 24.6 Å². The van der Waals surface area contributed by atoms with Gasteiger partial charge in [-0.1, -0.05) is 32.9 Å². The van der Waals surface area contributed by atoms with Crippen LogP contribution in [-0.2, 0) is 15.0 Å². The Morgan fingerprint density at radius 1 is 1.21 bits per heavy atom. The van der Waals surface area contributed by atoms with Crippen molar-refractivity contribution < 1.29 is 14.3 Å². The fourth-order valence-electron chi connectivity index (χ4n) is 4.60. The van der Waals surface area contributed by atoms with Gasteiger partial charge < -0.3 is 9.64 Å². The van der Waals surface area contributed by atoms with E-state index in [9.17, 15) is 9.59 Å². The van der Waals surface area contributed by atoms with Gasteiger partial charge in [0.15, 0.2) is 6.61 Å². The normalized spacial score (nSPS) is 18.1. The standard InChI is InChI=1S/C26H29N5O3/c1-26(2,3)18-9-10-22-21(14-18)31(25(33)16-34-22)15-24(32)30-12-5-7-20(30)19-6-4-8-23(28-19)29-13-11-27-17-29/h4,6,8-11,13-14,17,20H,5,7,12,15-16H2,1-3H3/t20-/m1/s1. The molecule has 0 unspecified atom stereocenters. The van der Waals surface area contributed by atoms with E-state index in [0.29, 0.717) is 18.0 Å². The van der Waals surface area contributed by atoms with Gasteiger partial charge in [-0.05, 0) is 48.1 Å². The number of carbonyl (C=O) groups excluding carboxylic acids is 2. The molecule has 8 heteroatoms. The minimum absolute atomic E-state index is 0.0134. The molecule has 0 radical (unpaired) electrons. The highest BCUT2D eigenvalue weighted by Crippen LogP contribution is 2.37. The van der Waals surface area contributed by atoms with Crippen LogP contribution in [0.1, 0.15) is 50.9 Å². The van der Waals surface area contributed by atoms with E-state index in [2.05, 4.69) is 25.8 Å². The second-order valence-corrected chi connectivity index (χ2v) is 9.84. The van der Waals surface area contributed by atoms with Gasteiger partial charge in [-0.15, -0.1) is 0 Å². The maximum absolute atomic E-state index is 13.5. The average Bonchev–Trinajstić information content (AvgIpc) is 3.53. The van der Waals surface area contributed by atoms with E-state index in [4.69, 9.17) is 9.72 Å². The van der Waals surface area contributed by atoms with Crippen molar-refractivity contribution >= 4 is 17.5 Å².